The van der Waals surface area contributed by atoms with E-state index in [9.17, 15) is 0 Å². The van der Waals surface area contributed by atoms with Crippen LogP contribution in [-0.2, 0) is 13.1 Å². The zero-order valence-electron chi connectivity index (χ0n) is 10.8. The largest absolute Gasteiger partial charge is 0.294 e. The van der Waals surface area contributed by atoms with E-state index in [2.05, 4.69) is 35.4 Å². The number of nitriles is 1. The summed E-state index contributed by atoms with van der Waals surface area (Å²) in [5.74, 6) is 0. The summed E-state index contributed by atoms with van der Waals surface area (Å²) >= 11 is 7.99. The lowest BCUT2D eigenvalue weighted by Crippen LogP contribution is -2.21. The third kappa shape index (κ3) is 3.81. The Labute approximate surface area is 122 Å². The Morgan fingerprint density at radius 2 is 2.16 bits per heavy atom. The highest BCUT2D eigenvalue weighted by Crippen LogP contribution is 2.21. The quantitative estimate of drug-likeness (QED) is 0.821. The molecule has 0 fully saturated rings. The Balaban J connectivity index is 2.08. The Morgan fingerprint density at radius 3 is 2.74 bits per heavy atom. The summed E-state index contributed by atoms with van der Waals surface area (Å²) in [5.41, 5.74) is 1.68. The SMILES string of the molecule is CCN(Cc1cccs1)Cc1ccc(C#N)cc1Cl. The van der Waals surface area contributed by atoms with E-state index in [-0.39, 0.29) is 0 Å². The average molecular weight is 291 g/mol. The van der Waals surface area contributed by atoms with E-state index in [0.717, 1.165) is 25.2 Å². The van der Waals surface area contributed by atoms with Gasteiger partial charge in [-0.25, -0.2) is 0 Å². The molecule has 0 atom stereocenters. The van der Waals surface area contributed by atoms with Crippen LogP contribution in [0.1, 0.15) is 22.9 Å². The minimum absolute atomic E-state index is 0.607. The van der Waals surface area contributed by atoms with E-state index in [0.29, 0.717) is 10.6 Å². The molecule has 98 valence electrons. The van der Waals surface area contributed by atoms with Crippen LogP contribution in [0, 0.1) is 11.3 Å². The molecule has 1 aromatic heterocycles. The van der Waals surface area contributed by atoms with Crippen molar-refractivity contribution in [1.29, 1.82) is 5.26 Å². The second-order valence-corrected chi connectivity index (χ2v) is 5.74. The summed E-state index contributed by atoms with van der Waals surface area (Å²) in [6.07, 6.45) is 0. The van der Waals surface area contributed by atoms with Crippen LogP contribution in [0.15, 0.2) is 35.7 Å². The molecule has 1 aromatic carbocycles. The molecule has 0 amide bonds. The molecule has 0 saturated carbocycles. The van der Waals surface area contributed by atoms with Gasteiger partial charge >= 0.3 is 0 Å². The van der Waals surface area contributed by atoms with Gasteiger partial charge in [-0.15, -0.1) is 11.3 Å². The van der Waals surface area contributed by atoms with Crippen LogP contribution in [0.4, 0.5) is 0 Å². The van der Waals surface area contributed by atoms with Gasteiger partial charge in [0.15, 0.2) is 0 Å². The molecule has 0 aliphatic carbocycles. The predicted molar refractivity (Wildman–Crippen MR) is 80.3 cm³/mol. The van der Waals surface area contributed by atoms with E-state index in [1.165, 1.54) is 4.88 Å². The molecule has 1 heterocycles. The first-order valence-electron chi connectivity index (χ1n) is 6.16. The Morgan fingerprint density at radius 1 is 1.32 bits per heavy atom. The highest BCUT2D eigenvalue weighted by atomic mass is 35.5. The van der Waals surface area contributed by atoms with Crippen LogP contribution in [0.2, 0.25) is 5.02 Å². The van der Waals surface area contributed by atoms with Crippen molar-refractivity contribution in [3.63, 3.8) is 0 Å². The number of rotatable bonds is 5. The van der Waals surface area contributed by atoms with Gasteiger partial charge in [-0.05, 0) is 35.7 Å². The molecule has 4 heteroatoms. The number of halogens is 1. The fourth-order valence-corrected chi connectivity index (χ4v) is 2.87. The van der Waals surface area contributed by atoms with Crippen molar-refractivity contribution in [2.24, 2.45) is 0 Å². The fourth-order valence-electron chi connectivity index (χ4n) is 1.89. The van der Waals surface area contributed by atoms with Gasteiger partial charge < -0.3 is 0 Å². The number of nitrogens with zero attached hydrogens (tertiary/aromatic N) is 2. The zero-order chi connectivity index (χ0) is 13.7. The zero-order valence-corrected chi connectivity index (χ0v) is 12.3. The van der Waals surface area contributed by atoms with Gasteiger partial charge in [-0.1, -0.05) is 30.7 Å². The van der Waals surface area contributed by atoms with Crippen LogP contribution in [-0.4, -0.2) is 11.4 Å². The number of hydrogen-bond acceptors (Lipinski definition) is 3. The maximum Gasteiger partial charge on any atom is 0.0992 e. The van der Waals surface area contributed by atoms with Crippen molar-refractivity contribution in [3.05, 3.63) is 56.7 Å². The first kappa shape index (κ1) is 14.1. The van der Waals surface area contributed by atoms with Crippen molar-refractivity contribution in [2.75, 3.05) is 6.54 Å². The summed E-state index contributed by atoms with van der Waals surface area (Å²) in [6.45, 7) is 4.85. The van der Waals surface area contributed by atoms with Gasteiger partial charge in [0.1, 0.15) is 0 Å². The van der Waals surface area contributed by atoms with E-state index in [1.54, 1.807) is 17.4 Å². The highest BCUT2D eigenvalue weighted by Gasteiger charge is 2.09. The number of hydrogen-bond donors (Lipinski definition) is 0. The second-order valence-electron chi connectivity index (χ2n) is 4.30. The highest BCUT2D eigenvalue weighted by molar-refractivity contribution is 7.09. The van der Waals surface area contributed by atoms with Crippen molar-refractivity contribution < 1.29 is 0 Å². The number of benzene rings is 1. The van der Waals surface area contributed by atoms with E-state index < -0.39 is 0 Å². The van der Waals surface area contributed by atoms with Crippen LogP contribution >= 0.6 is 22.9 Å². The van der Waals surface area contributed by atoms with Gasteiger partial charge in [-0.2, -0.15) is 5.26 Å². The maximum atomic E-state index is 8.83. The maximum absolute atomic E-state index is 8.83. The summed E-state index contributed by atoms with van der Waals surface area (Å²) in [5, 5.41) is 11.6. The van der Waals surface area contributed by atoms with Crippen LogP contribution in [0.5, 0.6) is 0 Å². The van der Waals surface area contributed by atoms with E-state index >= 15 is 0 Å². The minimum Gasteiger partial charge on any atom is -0.294 e. The van der Waals surface area contributed by atoms with Crippen LogP contribution < -0.4 is 0 Å². The van der Waals surface area contributed by atoms with E-state index in [4.69, 9.17) is 16.9 Å². The number of thiophene rings is 1. The molecule has 2 rings (SSSR count). The van der Waals surface area contributed by atoms with Crippen molar-refractivity contribution in [1.82, 2.24) is 4.90 Å². The molecule has 2 aromatic rings. The summed E-state index contributed by atoms with van der Waals surface area (Å²) in [6, 6.07) is 11.8. The molecule has 0 aliphatic heterocycles. The fraction of sp³-hybridized carbons (Fsp3) is 0.267. The molecule has 0 bridgehead atoms. The van der Waals surface area contributed by atoms with Crippen LogP contribution in [0.3, 0.4) is 0 Å². The Kier molecular flexibility index (Phi) is 4.98. The normalized spacial score (nSPS) is 10.6. The third-order valence-corrected chi connectivity index (χ3v) is 4.20. The minimum atomic E-state index is 0.607. The van der Waals surface area contributed by atoms with Gasteiger partial charge in [0.2, 0.25) is 0 Å². The lowest BCUT2D eigenvalue weighted by atomic mass is 10.1. The Hall–Kier alpha value is -1.34. The molecule has 0 N–H and O–H groups in total. The third-order valence-electron chi connectivity index (χ3n) is 2.98. The molecular formula is C15H15ClN2S. The summed E-state index contributed by atoms with van der Waals surface area (Å²) < 4.78 is 0. The lowest BCUT2D eigenvalue weighted by Gasteiger charge is -2.20. The van der Waals surface area contributed by atoms with Gasteiger partial charge in [0.05, 0.1) is 11.6 Å². The standard InChI is InChI=1S/C15H15ClN2S/c1-2-18(11-14-4-3-7-19-14)10-13-6-5-12(9-17)8-15(13)16/h3-8H,2,10-11H2,1H3. The predicted octanol–water partition coefficient (Wildman–Crippen LogP) is 4.30. The molecule has 0 spiro atoms. The smallest absolute Gasteiger partial charge is 0.0992 e. The lowest BCUT2D eigenvalue weighted by molar-refractivity contribution is 0.274. The topological polar surface area (TPSA) is 27.0 Å². The van der Waals surface area contributed by atoms with Crippen molar-refractivity contribution >= 4 is 22.9 Å². The van der Waals surface area contributed by atoms with Gasteiger partial charge in [0.25, 0.3) is 0 Å². The molecule has 0 saturated heterocycles. The molecule has 2 nitrogen and oxygen atoms in total. The summed E-state index contributed by atoms with van der Waals surface area (Å²) in [7, 11) is 0. The molecule has 19 heavy (non-hydrogen) atoms. The first-order chi connectivity index (χ1) is 9.22. The molecule has 0 radical (unpaired) electrons. The Bertz CT molecular complexity index is 572. The van der Waals surface area contributed by atoms with E-state index in [1.807, 2.05) is 12.1 Å². The molecular weight excluding hydrogens is 276 g/mol. The average Bonchev–Trinajstić information content (AvgIpc) is 2.92. The summed E-state index contributed by atoms with van der Waals surface area (Å²) in [4.78, 5) is 3.69. The van der Waals surface area contributed by atoms with Crippen molar-refractivity contribution in [2.45, 2.75) is 20.0 Å². The second kappa shape index (κ2) is 6.72. The van der Waals surface area contributed by atoms with Gasteiger partial charge in [0, 0.05) is 23.0 Å². The van der Waals surface area contributed by atoms with Crippen LogP contribution in [0.25, 0.3) is 0 Å². The molecule has 0 unspecified atom stereocenters. The molecule has 0 aliphatic rings. The van der Waals surface area contributed by atoms with Crippen molar-refractivity contribution in [3.8, 4) is 6.07 Å². The first-order valence-corrected chi connectivity index (χ1v) is 7.42. The monoisotopic (exact) mass is 290 g/mol. The van der Waals surface area contributed by atoms with Gasteiger partial charge in [-0.3, -0.25) is 4.90 Å².